The molecule has 29 heavy (non-hydrogen) atoms. The molecule has 0 bridgehead atoms. The number of para-hydroxylation sites is 1. The fourth-order valence-electron chi connectivity index (χ4n) is 3.68. The van der Waals surface area contributed by atoms with Crippen molar-refractivity contribution >= 4 is 11.7 Å². The van der Waals surface area contributed by atoms with Gasteiger partial charge in [0, 0.05) is 24.3 Å². The first-order valence-corrected chi connectivity index (χ1v) is 9.73. The van der Waals surface area contributed by atoms with Gasteiger partial charge in [0.25, 0.3) is 0 Å². The predicted molar refractivity (Wildman–Crippen MR) is 108 cm³/mol. The first kappa shape index (κ1) is 19.1. The monoisotopic (exact) mass is 394 g/mol. The molecule has 1 unspecified atom stereocenters. The Hall–Kier alpha value is -3.22. The summed E-state index contributed by atoms with van der Waals surface area (Å²) in [5.41, 5.74) is 3.62. The maximum absolute atomic E-state index is 13.1. The van der Waals surface area contributed by atoms with Crippen LogP contribution >= 0.6 is 0 Å². The van der Waals surface area contributed by atoms with Gasteiger partial charge < -0.3 is 14.7 Å². The number of hydrogen-bond donors (Lipinski definition) is 1. The molecule has 0 radical (unpaired) electrons. The quantitative estimate of drug-likeness (QED) is 0.686. The first-order chi connectivity index (χ1) is 14.0. The van der Waals surface area contributed by atoms with Crippen molar-refractivity contribution in [1.29, 1.82) is 0 Å². The summed E-state index contributed by atoms with van der Waals surface area (Å²) in [5.74, 6) is 0.607. The van der Waals surface area contributed by atoms with E-state index in [1.165, 1.54) is 12.1 Å². The molecular weight excluding hydrogens is 371 g/mol. The second kappa shape index (κ2) is 8.03. The van der Waals surface area contributed by atoms with Gasteiger partial charge in [-0.3, -0.25) is 0 Å². The molecule has 1 fully saturated rings. The lowest BCUT2D eigenvalue weighted by Crippen LogP contribution is -2.41. The SMILES string of the molecule is Cc1cccc(C)c1NC(=O)N1CCCC(c2nc(-c3ccc(F)cc3)no2)C1. The minimum absolute atomic E-state index is 0.0193. The molecule has 1 aliphatic heterocycles. The smallest absolute Gasteiger partial charge is 0.321 e. The van der Waals surface area contributed by atoms with Gasteiger partial charge in [-0.2, -0.15) is 4.98 Å². The maximum atomic E-state index is 13.1. The summed E-state index contributed by atoms with van der Waals surface area (Å²) in [7, 11) is 0. The molecule has 0 saturated carbocycles. The number of nitrogens with one attached hydrogen (secondary N) is 1. The highest BCUT2D eigenvalue weighted by molar-refractivity contribution is 5.91. The second-order valence-electron chi connectivity index (χ2n) is 7.45. The molecule has 150 valence electrons. The Morgan fingerprint density at radius 3 is 2.62 bits per heavy atom. The van der Waals surface area contributed by atoms with E-state index in [1.807, 2.05) is 32.0 Å². The molecule has 2 aromatic carbocycles. The minimum atomic E-state index is -0.310. The average molecular weight is 394 g/mol. The zero-order chi connectivity index (χ0) is 20.4. The van der Waals surface area contributed by atoms with E-state index in [-0.39, 0.29) is 17.8 Å². The molecule has 1 N–H and O–H groups in total. The normalized spacial score (nSPS) is 16.7. The van der Waals surface area contributed by atoms with Crippen molar-refractivity contribution in [2.75, 3.05) is 18.4 Å². The van der Waals surface area contributed by atoms with Crippen LogP contribution in [0.3, 0.4) is 0 Å². The number of piperidine rings is 1. The molecular formula is C22H23FN4O2. The van der Waals surface area contributed by atoms with E-state index in [2.05, 4.69) is 15.5 Å². The van der Waals surface area contributed by atoms with E-state index in [1.54, 1.807) is 17.0 Å². The van der Waals surface area contributed by atoms with E-state index >= 15 is 0 Å². The van der Waals surface area contributed by atoms with Crippen LogP contribution in [-0.2, 0) is 0 Å². The number of carbonyl (C=O) groups excluding carboxylic acids is 1. The summed E-state index contributed by atoms with van der Waals surface area (Å²) < 4.78 is 18.6. The van der Waals surface area contributed by atoms with Crippen molar-refractivity contribution in [2.24, 2.45) is 0 Å². The highest BCUT2D eigenvalue weighted by Gasteiger charge is 2.29. The lowest BCUT2D eigenvalue weighted by atomic mass is 9.98. The summed E-state index contributed by atoms with van der Waals surface area (Å²) in [6.45, 7) is 5.17. The van der Waals surface area contributed by atoms with Gasteiger partial charge in [-0.15, -0.1) is 0 Å². The summed E-state index contributed by atoms with van der Waals surface area (Å²) in [4.78, 5) is 19.1. The predicted octanol–water partition coefficient (Wildman–Crippen LogP) is 4.90. The number of aryl methyl sites for hydroxylation is 2. The van der Waals surface area contributed by atoms with Crippen LogP contribution in [-0.4, -0.2) is 34.2 Å². The molecule has 1 aromatic heterocycles. The van der Waals surface area contributed by atoms with Crippen LogP contribution in [0.15, 0.2) is 47.0 Å². The van der Waals surface area contributed by atoms with E-state index in [9.17, 15) is 9.18 Å². The number of amides is 2. The van der Waals surface area contributed by atoms with E-state index in [0.29, 0.717) is 30.4 Å². The molecule has 4 rings (SSSR count). The number of likely N-dealkylation sites (tertiary alicyclic amines) is 1. The minimum Gasteiger partial charge on any atom is -0.339 e. The molecule has 0 aliphatic carbocycles. The van der Waals surface area contributed by atoms with Gasteiger partial charge in [0.15, 0.2) is 0 Å². The van der Waals surface area contributed by atoms with Gasteiger partial charge in [0.2, 0.25) is 11.7 Å². The van der Waals surface area contributed by atoms with Crippen LogP contribution in [0.2, 0.25) is 0 Å². The molecule has 2 amide bonds. The topological polar surface area (TPSA) is 71.3 Å². The fraction of sp³-hybridized carbons (Fsp3) is 0.318. The zero-order valence-corrected chi connectivity index (χ0v) is 16.5. The molecule has 1 atom stereocenters. The molecule has 7 heteroatoms. The van der Waals surface area contributed by atoms with E-state index < -0.39 is 0 Å². The molecule has 1 aliphatic rings. The fourth-order valence-corrected chi connectivity index (χ4v) is 3.68. The third-order valence-electron chi connectivity index (χ3n) is 5.32. The Morgan fingerprint density at radius 1 is 1.17 bits per heavy atom. The van der Waals surface area contributed by atoms with Gasteiger partial charge in [-0.05, 0) is 62.1 Å². The van der Waals surface area contributed by atoms with Gasteiger partial charge in [0.05, 0.1) is 5.92 Å². The van der Waals surface area contributed by atoms with E-state index in [0.717, 1.165) is 29.7 Å². The van der Waals surface area contributed by atoms with Crippen molar-refractivity contribution in [2.45, 2.75) is 32.6 Å². The van der Waals surface area contributed by atoms with Gasteiger partial charge >= 0.3 is 6.03 Å². The number of anilines is 1. The number of halogens is 1. The Labute approximate surface area is 168 Å². The van der Waals surface area contributed by atoms with Crippen LogP contribution in [0.4, 0.5) is 14.9 Å². The largest absolute Gasteiger partial charge is 0.339 e. The number of nitrogens with zero attached hydrogens (tertiary/aromatic N) is 3. The summed E-state index contributed by atoms with van der Waals surface area (Å²) in [5, 5.41) is 7.07. The van der Waals surface area contributed by atoms with Crippen molar-refractivity contribution in [1.82, 2.24) is 15.0 Å². The third-order valence-corrected chi connectivity index (χ3v) is 5.32. The molecule has 6 nitrogen and oxygen atoms in total. The van der Waals surface area contributed by atoms with Crippen LogP contribution in [0.1, 0.15) is 35.8 Å². The average Bonchev–Trinajstić information content (AvgIpc) is 3.22. The molecule has 3 aromatic rings. The summed E-state index contributed by atoms with van der Waals surface area (Å²) >= 11 is 0. The highest BCUT2D eigenvalue weighted by atomic mass is 19.1. The number of hydrogen-bond acceptors (Lipinski definition) is 4. The molecule has 2 heterocycles. The van der Waals surface area contributed by atoms with Gasteiger partial charge in [-0.1, -0.05) is 23.4 Å². The van der Waals surface area contributed by atoms with Gasteiger partial charge in [-0.25, -0.2) is 9.18 Å². The summed E-state index contributed by atoms with van der Waals surface area (Å²) in [6.07, 6.45) is 1.73. The lowest BCUT2D eigenvalue weighted by molar-refractivity contribution is 0.184. The second-order valence-corrected chi connectivity index (χ2v) is 7.45. The number of aromatic nitrogens is 2. The number of urea groups is 1. The number of rotatable bonds is 3. The number of carbonyl (C=O) groups is 1. The van der Waals surface area contributed by atoms with Crippen molar-refractivity contribution in [3.8, 4) is 11.4 Å². The third kappa shape index (κ3) is 4.13. The maximum Gasteiger partial charge on any atom is 0.321 e. The summed E-state index contributed by atoms with van der Waals surface area (Å²) in [6, 6.07) is 11.8. The number of benzene rings is 2. The Balaban J connectivity index is 1.46. The van der Waals surface area contributed by atoms with Crippen LogP contribution in [0, 0.1) is 19.7 Å². The first-order valence-electron chi connectivity index (χ1n) is 9.73. The standard InChI is InChI=1S/C22H23FN4O2/c1-14-5-3-6-15(2)19(14)24-22(28)27-12-4-7-17(13-27)21-25-20(26-29-21)16-8-10-18(23)11-9-16/h3,5-6,8-11,17H,4,7,12-13H2,1-2H3,(H,24,28). The highest BCUT2D eigenvalue weighted by Crippen LogP contribution is 2.28. The van der Waals surface area contributed by atoms with Crippen molar-refractivity contribution < 1.29 is 13.7 Å². The van der Waals surface area contributed by atoms with Crippen LogP contribution in [0.5, 0.6) is 0 Å². The Morgan fingerprint density at radius 2 is 1.90 bits per heavy atom. The van der Waals surface area contributed by atoms with E-state index in [4.69, 9.17) is 4.52 Å². The molecule has 0 spiro atoms. The van der Waals surface area contributed by atoms with Crippen molar-refractivity contribution in [3.05, 3.63) is 65.3 Å². The van der Waals surface area contributed by atoms with Gasteiger partial charge in [0.1, 0.15) is 5.82 Å². The Bertz CT molecular complexity index is 996. The molecule has 1 saturated heterocycles. The van der Waals surface area contributed by atoms with Crippen LogP contribution in [0.25, 0.3) is 11.4 Å². The zero-order valence-electron chi connectivity index (χ0n) is 16.5. The lowest BCUT2D eigenvalue weighted by Gasteiger charge is -2.31. The Kier molecular flexibility index (Phi) is 5.29. The van der Waals surface area contributed by atoms with Crippen molar-refractivity contribution in [3.63, 3.8) is 0 Å². The van der Waals surface area contributed by atoms with Crippen LogP contribution < -0.4 is 5.32 Å².